The molecule has 3 N–H and O–H groups in total. The van der Waals surface area contributed by atoms with E-state index in [1.165, 1.54) is 11.1 Å². The normalized spacial score (nSPS) is 18.9. The lowest BCUT2D eigenvalue weighted by atomic mass is 9.90. The molecule has 100 valence electrons. The summed E-state index contributed by atoms with van der Waals surface area (Å²) in [5.74, 6) is 6.98. The molecular weight excluding hydrogens is 240 g/mol. The van der Waals surface area contributed by atoms with E-state index in [4.69, 9.17) is 10.6 Å². The Morgan fingerprint density at radius 2 is 2.37 bits per heavy atom. The maximum absolute atomic E-state index is 5.73. The van der Waals surface area contributed by atoms with Gasteiger partial charge >= 0.3 is 0 Å². The Hall–Kier alpha value is -1.85. The Balaban J connectivity index is 1.80. The standard InChI is InChI=1S/C14H18N4O/c1-18-8-10(7-16-18)6-13(17-15)12-9-19-14-5-3-2-4-11(12)14/h2-5,7-8,12-13,17H,6,9,15H2,1H3. The fraction of sp³-hybridized carbons (Fsp3) is 0.357. The molecule has 0 radical (unpaired) electrons. The highest BCUT2D eigenvalue weighted by Gasteiger charge is 2.30. The SMILES string of the molecule is Cn1cc(CC(NN)C2COc3ccccc32)cn1. The molecule has 1 aliphatic rings. The van der Waals surface area contributed by atoms with Crippen LogP contribution >= 0.6 is 0 Å². The molecule has 0 bridgehead atoms. The van der Waals surface area contributed by atoms with E-state index >= 15 is 0 Å². The van der Waals surface area contributed by atoms with Gasteiger partial charge in [0.05, 0.1) is 12.8 Å². The number of fused-ring (bicyclic) bond motifs is 1. The van der Waals surface area contributed by atoms with Crippen LogP contribution in [0, 0.1) is 0 Å². The lowest BCUT2D eigenvalue weighted by molar-refractivity contribution is 0.297. The largest absolute Gasteiger partial charge is 0.493 e. The molecule has 2 atom stereocenters. The molecule has 2 heterocycles. The van der Waals surface area contributed by atoms with Crippen LogP contribution in [0.4, 0.5) is 0 Å². The van der Waals surface area contributed by atoms with Crippen molar-refractivity contribution in [3.63, 3.8) is 0 Å². The average Bonchev–Trinajstić information content (AvgIpc) is 3.02. The van der Waals surface area contributed by atoms with Crippen molar-refractivity contribution >= 4 is 0 Å². The summed E-state index contributed by atoms with van der Waals surface area (Å²) >= 11 is 0. The molecule has 5 heteroatoms. The fourth-order valence-corrected chi connectivity index (χ4v) is 2.67. The van der Waals surface area contributed by atoms with Gasteiger partial charge in [0, 0.05) is 30.8 Å². The number of hydrazine groups is 1. The molecule has 0 spiro atoms. The third kappa shape index (κ3) is 2.34. The zero-order chi connectivity index (χ0) is 13.2. The molecular formula is C14H18N4O. The van der Waals surface area contributed by atoms with E-state index in [-0.39, 0.29) is 12.0 Å². The minimum atomic E-state index is 0.146. The zero-order valence-corrected chi connectivity index (χ0v) is 10.9. The van der Waals surface area contributed by atoms with Gasteiger partial charge in [-0.25, -0.2) is 0 Å². The fourth-order valence-electron chi connectivity index (χ4n) is 2.67. The molecule has 0 fully saturated rings. The summed E-state index contributed by atoms with van der Waals surface area (Å²) in [5, 5.41) is 4.19. The van der Waals surface area contributed by atoms with Gasteiger partial charge in [-0.05, 0) is 18.1 Å². The number of ether oxygens (including phenoxy) is 1. The van der Waals surface area contributed by atoms with Crippen molar-refractivity contribution in [3.05, 3.63) is 47.8 Å². The Morgan fingerprint density at radius 1 is 1.53 bits per heavy atom. The van der Waals surface area contributed by atoms with Crippen molar-refractivity contribution in [2.75, 3.05) is 6.61 Å². The maximum Gasteiger partial charge on any atom is 0.122 e. The number of benzene rings is 1. The van der Waals surface area contributed by atoms with E-state index in [0.717, 1.165) is 12.2 Å². The lowest BCUT2D eigenvalue weighted by Gasteiger charge is -2.21. The molecule has 19 heavy (non-hydrogen) atoms. The van der Waals surface area contributed by atoms with E-state index in [1.54, 1.807) is 0 Å². The minimum absolute atomic E-state index is 0.146. The molecule has 0 saturated carbocycles. The summed E-state index contributed by atoms with van der Waals surface area (Å²) in [6.45, 7) is 0.675. The van der Waals surface area contributed by atoms with Crippen LogP contribution in [0.3, 0.4) is 0 Å². The van der Waals surface area contributed by atoms with Crippen LogP contribution in [-0.2, 0) is 13.5 Å². The number of rotatable bonds is 4. The Morgan fingerprint density at radius 3 is 3.11 bits per heavy atom. The third-order valence-electron chi connectivity index (χ3n) is 3.65. The molecule has 3 rings (SSSR count). The number of nitrogens with two attached hydrogens (primary N) is 1. The second kappa shape index (κ2) is 5.03. The number of hydrogen-bond donors (Lipinski definition) is 2. The van der Waals surface area contributed by atoms with Gasteiger partial charge in [-0.2, -0.15) is 5.10 Å². The highest BCUT2D eigenvalue weighted by Crippen LogP contribution is 2.36. The van der Waals surface area contributed by atoms with Gasteiger partial charge in [-0.1, -0.05) is 18.2 Å². The van der Waals surface area contributed by atoms with E-state index in [2.05, 4.69) is 16.6 Å². The molecule has 1 aliphatic heterocycles. The highest BCUT2D eigenvalue weighted by atomic mass is 16.5. The molecule has 1 aromatic heterocycles. The lowest BCUT2D eigenvalue weighted by Crippen LogP contribution is -2.42. The molecule has 0 amide bonds. The zero-order valence-electron chi connectivity index (χ0n) is 10.9. The van der Waals surface area contributed by atoms with Crippen LogP contribution in [0.2, 0.25) is 0 Å². The first-order valence-electron chi connectivity index (χ1n) is 6.43. The predicted octanol–water partition coefficient (Wildman–Crippen LogP) is 0.971. The van der Waals surface area contributed by atoms with Crippen LogP contribution in [-0.4, -0.2) is 22.4 Å². The summed E-state index contributed by atoms with van der Waals surface area (Å²) in [7, 11) is 1.92. The molecule has 5 nitrogen and oxygen atoms in total. The van der Waals surface area contributed by atoms with Gasteiger partial charge in [0.2, 0.25) is 0 Å². The summed E-state index contributed by atoms with van der Waals surface area (Å²) in [4.78, 5) is 0. The van der Waals surface area contributed by atoms with Crippen molar-refractivity contribution in [2.24, 2.45) is 12.9 Å². The number of hydrogen-bond acceptors (Lipinski definition) is 4. The molecule has 0 saturated heterocycles. The first kappa shape index (κ1) is 12.2. The van der Waals surface area contributed by atoms with Crippen molar-refractivity contribution < 1.29 is 4.74 Å². The number of aromatic nitrogens is 2. The van der Waals surface area contributed by atoms with Crippen LogP contribution < -0.4 is 16.0 Å². The van der Waals surface area contributed by atoms with Crippen LogP contribution in [0.5, 0.6) is 5.75 Å². The molecule has 2 aromatic rings. The smallest absolute Gasteiger partial charge is 0.122 e. The van der Waals surface area contributed by atoms with Crippen molar-refractivity contribution in [1.82, 2.24) is 15.2 Å². The molecule has 0 aliphatic carbocycles. The van der Waals surface area contributed by atoms with E-state index < -0.39 is 0 Å². The summed E-state index contributed by atoms with van der Waals surface area (Å²) in [6.07, 6.45) is 4.74. The van der Waals surface area contributed by atoms with E-state index in [1.807, 2.05) is 42.3 Å². The second-order valence-corrected chi connectivity index (χ2v) is 4.95. The van der Waals surface area contributed by atoms with Gasteiger partial charge in [0.25, 0.3) is 0 Å². The van der Waals surface area contributed by atoms with Crippen LogP contribution in [0.15, 0.2) is 36.7 Å². The first-order chi connectivity index (χ1) is 9.28. The predicted molar refractivity (Wildman–Crippen MR) is 72.7 cm³/mol. The quantitative estimate of drug-likeness (QED) is 0.633. The summed E-state index contributed by atoms with van der Waals surface area (Å²) in [6, 6.07) is 8.30. The maximum atomic E-state index is 5.73. The monoisotopic (exact) mass is 258 g/mol. The topological polar surface area (TPSA) is 65.1 Å². The van der Waals surface area contributed by atoms with E-state index in [0.29, 0.717) is 6.61 Å². The highest BCUT2D eigenvalue weighted by molar-refractivity contribution is 5.40. The van der Waals surface area contributed by atoms with Crippen molar-refractivity contribution in [2.45, 2.75) is 18.4 Å². The first-order valence-corrected chi connectivity index (χ1v) is 6.43. The van der Waals surface area contributed by atoms with E-state index in [9.17, 15) is 0 Å². The average molecular weight is 258 g/mol. The Bertz CT molecular complexity index is 566. The van der Waals surface area contributed by atoms with Gasteiger partial charge in [0.1, 0.15) is 5.75 Å². The Labute approximate surface area is 112 Å². The molecule has 2 unspecified atom stereocenters. The summed E-state index contributed by atoms with van der Waals surface area (Å²) in [5.41, 5.74) is 5.33. The summed E-state index contributed by atoms with van der Waals surface area (Å²) < 4.78 is 7.53. The third-order valence-corrected chi connectivity index (χ3v) is 3.65. The van der Waals surface area contributed by atoms with Crippen LogP contribution in [0.25, 0.3) is 0 Å². The van der Waals surface area contributed by atoms with Crippen LogP contribution in [0.1, 0.15) is 17.0 Å². The number of aryl methyl sites for hydroxylation is 1. The Kier molecular flexibility index (Phi) is 3.23. The van der Waals surface area contributed by atoms with Gasteiger partial charge in [0.15, 0.2) is 0 Å². The molecule has 1 aromatic carbocycles. The number of nitrogens with zero attached hydrogens (tertiary/aromatic N) is 2. The van der Waals surface area contributed by atoms with Gasteiger partial charge < -0.3 is 4.74 Å². The number of nitrogens with one attached hydrogen (secondary N) is 1. The van der Waals surface area contributed by atoms with Crippen molar-refractivity contribution in [3.8, 4) is 5.75 Å². The van der Waals surface area contributed by atoms with Gasteiger partial charge in [-0.15, -0.1) is 0 Å². The number of para-hydroxylation sites is 1. The van der Waals surface area contributed by atoms with Crippen molar-refractivity contribution in [1.29, 1.82) is 0 Å². The second-order valence-electron chi connectivity index (χ2n) is 4.95. The van der Waals surface area contributed by atoms with Gasteiger partial charge in [-0.3, -0.25) is 16.0 Å². The minimum Gasteiger partial charge on any atom is -0.493 e.